The van der Waals surface area contributed by atoms with Crippen LogP contribution in [0.4, 0.5) is 0 Å². The Labute approximate surface area is 148 Å². The molecule has 0 spiro atoms. The van der Waals surface area contributed by atoms with Crippen LogP contribution >= 0.6 is 23.2 Å². The number of hydrogen-bond acceptors (Lipinski definition) is 4. The summed E-state index contributed by atoms with van der Waals surface area (Å²) in [6.45, 7) is 1.64. The number of carbonyl (C=O) groups is 2. The molecule has 0 aliphatic rings. The van der Waals surface area contributed by atoms with Crippen LogP contribution in [0.5, 0.6) is 0 Å². The van der Waals surface area contributed by atoms with Crippen molar-refractivity contribution in [2.75, 3.05) is 0 Å². The lowest BCUT2D eigenvalue weighted by Gasteiger charge is -2.10. The van der Waals surface area contributed by atoms with Gasteiger partial charge in [0.25, 0.3) is 0 Å². The van der Waals surface area contributed by atoms with Crippen molar-refractivity contribution in [2.45, 2.75) is 32.2 Å². The largest absolute Gasteiger partial charge is 0.481 e. The SMILES string of the molecule is CC(CC(=O)O)NC(=O)CCc1ncc(-c2ccc(Cl)cc2Cl)o1. The van der Waals surface area contributed by atoms with E-state index in [9.17, 15) is 9.59 Å². The molecule has 0 saturated heterocycles. The highest BCUT2D eigenvalue weighted by Gasteiger charge is 2.14. The average Bonchev–Trinajstić information content (AvgIpc) is 2.92. The first kappa shape index (κ1) is 18.3. The summed E-state index contributed by atoms with van der Waals surface area (Å²) in [6, 6.07) is 4.61. The highest BCUT2D eigenvalue weighted by atomic mass is 35.5. The Bertz CT molecular complexity index is 745. The van der Waals surface area contributed by atoms with E-state index >= 15 is 0 Å². The molecule has 1 aromatic heterocycles. The van der Waals surface area contributed by atoms with Crippen LogP contribution < -0.4 is 5.32 Å². The van der Waals surface area contributed by atoms with Gasteiger partial charge in [-0.3, -0.25) is 9.59 Å². The van der Waals surface area contributed by atoms with Gasteiger partial charge in [-0.15, -0.1) is 0 Å². The van der Waals surface area contributed by atoms with E-state index < -0.39 is 12.0 Å². The fourth-order valence-electron chi connectivity index (χ4n) is 2.12. The number of oxazole rings is 1. The molecule has 0 bridgehead atoms. The second kappa shape index (κ2) is 8.17. The monoisotopic (exact) mass is 370 g/mol. The van der Waals surface area contributed by atoms with Crippen molar-refractivity contribution in [3.05, 3.63) is 40.3 Å². The number of aliphatic carboxylic acids is 1. The predicted molar refractivity (Wildman–Crippen MR) is 90.1 cm³/mol. The topological polar surface area (TPSA) is 92.4 Å². The molecule has 1 heterocycles. The van der Waals surface area contributed by atoms with E-state index in [2.05, 4.69) is 10.3 Å². The third kappa shape index (κ3) is 5.25. The Morgan fingerprint density at radius 1 is 1.38 bits per heavy atom. The molecule has 0 aliphatic carbocycles. The second-order valence-corrected chi connectivity index (χ2v) is 6.15. The van der Waals surface area contributed by atoms with Crippen LogP contribution in [0.15, 0.2) is 28.8 Å². The van der Waals surface area contributed by atoms with E-state index in [-0.39, 0.29) is 18.7 Å². The van der Waals surface area contributed by atoms with Crippen LogP contribution in [0.1, 0.15) is 25.7 Å². The number of hydrogen-bond donors (Lipinski definition) is 2. The summed E-state index contributed by atoms with van der Waals surface area (Å²) in [6.07, 6.45) is 1.87. The summed E-state index contributed by atoms with van der Waals surface area (Å²) in [4.78, 5) is 26.5. The number of rotatable bonds is 7. The van der Waals surface area contributed by atoms with Gasteiger partial charge in [-0.1, -0.05) is 23.2 Å². The van der Waals surface area contributed by atoms with Gasteiger partial charge >= 0.3 is 5.97 Å². The average molecular weight is 371 g/mol. The number of nitrogens with one attached hydrogen (secondary N) is 1. The minimum Gasteiger partial charge on any atom is -0.481 e. The van der Waals surface area contributed by atoms with Crippen LogP contribution in [0, 0.1) is 0 Å². The Morgan fingerprint density at radius 3 is 2.79 bits per heavy atom. The lowest BCUT2D eigenvalue weighted by molar-refractivity contribution is -0.137. The number of carboxylic acids is 1. The molecule has 1 amide bonds. The van der Waals surface area contributed by atoms with Gasteiger partial charge in [0.2, 0.25) is 5.91 Å². The van der Waals surface area contributed by atoms with Gasteiger partial charge < -0.3 is 14.8 Å². The Kier molecular flexibility index (Phi) is 6.23. The van der Waals surface area contributed by atoms with Gasteiger partial charge in [-0.05, 0) is 25.1 Å². The molecule has 2 rings (SSSR count). The number of carbonyl (C=O) groups excluding carboxylic acids is 1. The van der Waals surface area contributed by atoms with E-state index in [1.165, 1.54) is 6.20 Å². The van der Waals surface area contributed by atoms with Crippen LogP contribution in [-0.2, 0) is 16.0 Å². The molecule has 0 radical (unpaired) electrons. The molecule has 2 aromatic rings. The number of aromatic nitrogens is 1. The number of amides is 1. The van der Waals surface area contributed by atoms with Crippen LogP contribution in [-0.4, -0.2) is 28.0 Å². The summed E-state index contributed by atoms with van der Waals surface area (Å²) in [5.41, 5.74) is 0.666. The van der Waals surface area contributed by atoms with Crippen molar-refractivity contribution in [3.8, 4) is 11.3 Å². The van der Waals surface area contributed by atoms with Crippen LogP contribution in [0.25, 0.3) is 11.3 Å². The Morgan fingerprint density at radius 2 is 2.12 bits per heavy atom. The van der Waals surface area contributed by atoms with Crippen molar-refractivity contribution in [2.24, 2.45) is 0 Å². The molecule has 2 N–H and O–H groups in total. The standard InChI is InChI=1S/C16H16Cl2N2O4/c1-9(6-16(22)23)20-14(21)4-5-15-19-8-13(24-15)11-3-2-10(17)7-12(11)18/h2-3,7-9H,4-6H2,1H3,(H,20,21)(H,22,23). The lowest BCUT2D eigenvalue weighted by atomic mass is 10.2. The molecule has 1 aromatic carbocycles. The first-order valence-electron chi connectivity index (χ1n) is 7.26. The number of nitrogens with zero attached hydrogens (tertiary/aromatic N) is 1. The Hall–Kier alpha value is -2.05. The van der Waals surface area contributed by atoms with Crippen molar-refractivity contribution in [1.82, 2.24) is 10.3 Å². The molecule has 1 unspecified atom stereocenters. The smallest absolute Gasteiger partial charge is 0.305 e. The van der Waals surface area contributed by atoms with Gasteiger partial charge in [0, 0.05) is 29.5 Å². The number of benzene rings is 1. The first-order chi connectivity index (χ1) is 11.3. The summed E-state index contributed by atoms with van der Waals surface area (Å²) in [5, 5.41) is 12.2. The number of halogens is 2. The minimum absolute atomic E-state index is 0.121. The van der Waals surface area contributed by atoms with Crippen molar-refractivity contribution in [1.29, 1.82) is 0 Å². The zero-order chi connectivity index (χ0) is 17.7. The maximum atomic E-state index is 11.8. The lowest BCUT2D eigenvalue weighted by Crippen LogP contribution is -2.34. The fraction of sp³-hybridized carbons (Fsp3) is 0.312. The van der Waals surface area contributed by atoms with E-state index in [0.717, 1.165) is 0 Å². The zero-order valence-electron chi connectivity index (χ0n) is 12.9. The second-order valence-electron chi connectivity index (χ2n) is 5.31. The third-order valence-corrected chi connectivity index (χ3v) is 3.75. The molecule has 0 saturated carbocycles. The fourth-order valence-corrected chi connectivity index (χ4v) is 2.62. The van der Waals surface area contributed by atoms with E-state index in [0.29, 0.717) is 33.7 Å². The van der Waals surface area contributed by atoms with Gasteiger partial charge in [0.1, 0.15) is 0 Å². The quantitative estimate of drug-likeness (QED) is 0.776. The highest BCUT2D eigenvalue weighted by molar-refractivity contribution is 6.36. The van der Waals surface area contributed by atoms with E-state index in [1.54, 1.807) is 25.1 Å². The maximum absolute atomic E-state index is 11.8. The molecule has 0 fully saturated rings. The van der Waals surface area contributed by atoms with Crippen LogP contribution in [0.2, 0.25) is 10.0 Å². The van der Waals surface area contributed by atoms with Gasteiger partial charge in [0.15, 0.2) is 11.7 Å². The van der Waals surface area contributed by atoms with Crippen molar-refractivity contribution in [3.63, 3.8) is 0 Å². The molecular formula is C16H16Cl2N2O4. The first-order valence-corrected chi connectivity index (χ1v) is 8.02. The summed E-state index contributed by atoms with van der Waals surface area (Å²) < 4.78 is 5.60. The third-order valence-electron chi connectivity index (χ3n) is 3.20. The molecule has 8 heteroatoms. The minimum atomic E-state index is -0.958. The molecule has 6 nitrogen and oxygen atoms in total. The molecule has 128 valence electrons. The summed E-state index contributed by atoms with van der Waals surface area (Å²) in [7, 11) is 0. The zero-order valence-corrected chi connectivity index (χ0v) is 14.4. The van der Waals surface area contributed by atoms with Gasteiger partial charge in [-0.25, -0.2) is 4.98 Å². The van der Waals surface area contributed by atoms with Crippen molar-refractivity contribution >= 4 is 35.1 Å². The van der Waals surface area contributed by atoms with Gasteiger partial charge in [-0.2, -0.15) is 0 Å². The van der Waals surface area contributed by atoms with E-state index in [1.807, 2.05) is 0 Å². The Balaban J connectivity index is 1.92. The molecular weight excluding hydrogens is 355 g/mol. The van der Waals surface area contributed by atoms with Crippen LogP contribution in [0.3, 0.4) is 0 Å². The van der Waals surface area contributed by atoms with Crippen molar-refractivity contribution < 1.29 is 19.1 Å². The van der Waals surface area contributed by atoms with E-state index in [4.69, 9.17) is 32.7 Å². The molecule has 24 heavy (non-hydrogen) atoms. The highest BCUT2D eigenvalue weighted by Crippen LogP contribution is 2.30. The molecule has 0 aliphatic heterocycles. The molecule has 1 atom stereocenters. The predicted octanol–water partition coefficient (Wildman–Crippen LogP) is 3.56. The summed E-state index contributed by atoms with van der Waals surface area (Å²) in [5.74, 6) is -0.323. The van der Waals surface area contributed by atoms with Gasteiger partial charge in [0.05, 0.1) is 17.6 Å². The normalized spacial score (nSPS) is 12.0. The number of carboxylic acid groups (broad SMARTS) is 1. The number of aryl methyl sites for hydroxylation is 1. The summed E-state index contributed by atoms with van der Waals surface area (Å²) >= 11 is 12.0. The maximum Gasteiger partial charge on any atom is 0.305 e.